The van der Waals surface area contributed by atoms with Crippen molar-refractivity contribution in [2.45, 2.75) is 19.5 Å². The number of benzene rings is 2. The fourth-order valence-corrected chi connectivity index (χ4v) is 2.49. The molecular weight excluding hydrogens is 373 g/mol. The molecule has 0 unspecified atom stereocenters. The molecule has 0 aromatic heterocycles. The van der Waals surface area contributed by atoms with Crippen LogP contribution in [0.2, 0.25) is 0 Å². The summed E-state index contributed by atoms with van der Waals surface area (Å²) in [5.74, 6) is -0.226. The van der Waals surface area contributed by atoms with Crippen molar-refractivity contribution in [1.29, 1.82) is 0 Å². The van der Waals surface area contributed by atoms with Gasteiger partial charge < -0.3 is 5.32 Å². The average Bonchev–Trinajstić information content (AvgIpc) is 2.41. The molecule has 2 rings (SSSR count). The topological polar surface area (TPSA) is 12.0 Å². The molecule has 2 aromatic carbocycles. The number of halogens is 3. The largest absolute Gasteiger partial charge is 0.306 e. The van der Waals surface area contributed by atoms with Crippen molar-refractivity contribution in [2.24, 2.45) is 0 Å². The lowest BCUT2D eigenvalue weighted by atomic mass is 10.1. The minimum Gasteiger partial charge on any atom is -0.306 e. The molecule has 1 N–H and O–H groups in total. The van der Waals surface area contributed by atoms with E-state index < -0.39 is 0 Å². The summed E-state index contributed by atoms with van der Waals surface area (Å²) >= 11 is 6.69. The Labute approximate surface area is 129 Å². The van der Waals surface area contributed by atoms with Gasteiger partial charge in [0.25, 0.3) is 0 Å². The Morgan fingerprint density at radius 3 is 2.47 bits per heavy atom. The molecule has 100 valence electrons. The number of rotatable bonds is 4. The van der Waals surface area contributed by atoms with Gasteiger partial charge in [-0.25, -0.2) is 4.39 Å². The molecule has 19 heavy (non-hydrogen) atoms. The van der Waals surface area contributed by atoms with Crippen molar-refractivity contribution in [3.8, 4) is 0 Å². The van der Waals surface area contributed by atoms with Crippen LogP contribution in [0, 0.1) is 5.82 Å². The van der Waals surface area contributed by atoms with Crippen molar-refractivity contribution < 1.29 is 4.39 Å². The molecule has 4 heteroatoms. The van der Waals surface area contributed by atoms with Crippen molar-refractivity contribution in [3.05, 3.63) is 68.4 Å². The van der Waals surface area contributed by atoms with Crippen LogP contribution in [-0.4, -0.2) is 0 Å². The molecule has 0 bridgehead atoms. The van der Waals surface area contributed by atoms with E-state index in [9.17, 15) is 4.39 Å². The van der Waals surface area contributed by atoms with Crippen LogP contribution < -0.4 is 5.32 Å². The van der Waals surface area contributed by atoms with Crippen LogP contribution >= 0.6 is 31.9 Å². The maximum absolute atomic E-state index is 13.4. The molecule has 1 atom stereocenters. The standard InChI is InChI=1S/C15H14Br2FN/c1-10(11-5-7-13(16)8-6-11)19-9-12-3-2-4-14(18)15(12)17/h2-8,10,19H,9H2,1H3/t10-/m1/s1. The minimum atomic E-state index is -0.226. The van der Waals surface area contributed by atoms with Gasteiger partial charge in [0.2, 0.25) is 0 Å². The summed E-state index contributed by atoms with van der Waals surface area (Å²) in [4.78, 5) is 0. The highest BCUT2D eigenvalue weighted by Crippen LogP contribution is 2.22. The number of nitrogens with one attached hydrogen (secondary N) is 1. The fraction of sp³-hybridized carbons (Fsp3) is 0.200. The highest BCUT2D eigenvalue weighted by molar-refractivity contribution is 9.10. The van der Waals surface area contributed by atoms with Gasteiger partial charge in [-0.3, -0.25) is 0 Å². The molecule has 0 aliphatic carbocycles. The molecule has 0 aliphatic rings. The zero-order valence-electron chi connectivity index (χ0n) is 10.5. The Balaban J connectivity index is 2.02. The molecule has 1 nitrogen and oxygen atoms in total. The third-order valence-corrected chi connectivity index (χ3v) is 4.42. The summed E-state index contributed by atoms with van der Waals surface area (Å²) < 4.78 is 15.0. The summed E-state index contributed by atoms with van der Waals surface area (Å²) in [6.45, 7) is 2.71. The van der Waals surface area contributed by atoms with Gasteiger partial charge in [0.1, 0.15) is 5.82 Å². The second kappa shape index (κ2) is 6.64. The van der Waals surface area contributed by atoms with Gasteiger partial charge in [-0.2, -0.15) is 0 Å². The molecule has 0 saturated carbocycles. The predicted octanol–water partition coefficient (Wildman–Crippen LogP) is 5.20. The summed E-state index contributed by atoms with van der Waals surface area (Å²) in [5, 5.41) is 3.39. The molecule has 0 fully saturated rings. The highest BCUT2D eigenvalue weighted by Gasteiger charge is 2.08. The minimum absolute atomic E-state index is 0.211. The molecular formula is C15H14Br2FN. The first-order valence-electron chi connectivity index (χ1n) is 5.99. The van der Waals surface area contributed by atoms with Gasteiger partial charge >= 0.3 is 0 Å². The lowest BCUT2D eigenvalue weighted by Crippen LogP contribution is -2.18. The quantitative estimate of drug-likeness (QED) is 0.761. The zero-order valence-corrected chi connectivity index (χ0v) is 13.6. The van der Waals surface area contributed by atoms with E-state index in [0.29, 0.717) is 11.0 Å². The van der Waals surface area contributed by atoms with Crippen molar-refractivity contribution in [1.82, 2.24) is 5.32 Å². The lowest BCUT2D eigenvalue weighted by Gasteiger charge is -2.15. The molecule has 0 heterocycles. The van der Waals surface area contributed by atoms with Crippen LogP contribution in [0.4, 0.5) is 4.39 Å². The maximum atomic E-state index is 13.4. The summed E-state index contributed by atoms with van der Waals surface area (Å²) in [7, 11) is 0. The third kappa shape index (κ3) is 3.88. The first-order chi connectivity index (χ1) is 9.08. The summed E-state index contributed by atoms with van der Waals surface area (Å²) in [6, 6.07) is 13.5. The Hall–Kier alpha value is -0.710. The second-order valence-corrected chi connectivity index (χ2v) is 6.08. The van der Waals surface area contributed by atoms with Crippen LogP contribution in [0.25, 0.3) is 0 Å². The lowest BCUT2D eigenvalue weighted by molar-refractivity contribution is 0.566. The fourth-order valence-electron chi connectivity index (χ4n) is 1.82. The van der Waals surface area contributed by atoms with Crippen molar-refractivity contribution in [2.75, 3.05) is 0 Å². The zero-order chi connectivity index (χ0) is 13.8. The van der Waals surface area contributed by atoms with E-state index >= 15 is 0 Å². The monoisotopic (exact) mass is 385 g/mol. The van der Waals surface area contributed by atoms with Crippen LogP contribution in [0.3, 0.4) is 0 Å². The Kier molecular flexibility index (Phi) is 5.13. The van der Waals surface area contributed by atoms with E-state index in [2.05, 4.69) is 56.2 Å². The van der Waals surface area contributed by atoms with E-state index in [4.69, 9.17) is 0 Å². The van der Waals surface area contributed by atoms with Crippen LogP contribution in [-0.2, 0) is 6.54 Å². The van der Waals surface area contributed by atoms with Gasteiger partial charge in [-0.05, 0) is 52.2 Å². The van der Waals surface area contributed by atoms with Gasteiger partial charge in [-0.1, -0.05) is 40.2 Å². The first-order valence-corrected chi connectivity index (χ1v) is 7.58. The average molecular weight is 387 g/mol. The molecule has 0 amide bonds. The maximum Gasteiger partial charge on any atom is 0.137 e. The van der Waals surface area contributed by atoms with E-state index in [-0.39, 0.29) is 11.9 Å². The Morgan fingerprint density at radius 2 is 1.79 bits per heavy atom. The smallest absolute Gasteiger partial charge is 0.137 e. The predicted molar refractivity (Wildman–Crippen MR) is 83.5 cm³/mol. The van der Waals surface area contributed by atoms with E-state index in [1.807, 2.05) is 18.2 Å². The molecule has 2 aromatic rings. The molecule has 0 spiro atoms. The second-order valence-electron chi connectivity index (χ2n) is 4.37. The Morgan fingerprint density at radius 1 is 1.11 bits per heavy atom. The highest BCUT2D eigenvalue weighted by atomic mass is 79.9. The van der Waals surface area contributed by atoms with Crippen LogP contribution in [0.5, 0.6) is 0 Å². The van der Waals surface area contributed by atoms with Gasteiger partial charge in [0, 0.05) is 17.1 Å². The van der Waals surface area contributed by atoms with Crippen LogP contribution in [0.15, 0.2) is 51.4 Å². The van der Waals surface area contributed by atoms with E-state index in [1.54, 1.807) is 6.07 Å². The van der Waals surface area contributed by atoms with Crippen LogP contribution in [0.1, 0.15) is 24.1 Å². The van der Waals surface area contributed by atoms with E-state index in [1.165, 1.54) is 11.6 Å². The SMILES string of the molecule is C[C@@H](NCc1cccc(F)c1Br)c1ccc(Br)cc1. The first kappa shape index (κ1) is 14.7. The number of hydrogen-bond donors (Lipinski definition) is 1. The summed E-state index contributed by atoms with van der Waals surface area (Å²) in [6.07, 6.45) is 0. The van der Waals surface area contributed by atoms with Gasteiger partial charge in [-0.15, -0.1) is 0 Å². The normalized spacial score (nSPS) is 12.4. The Bertz CT molecular complexity index is 555. The van der Waals surface area contributed by atoms with Gasteiger partial charge in [0.05, 0.1) is 4.47 Å². The van der Waals surface area contributed by atoms with Crippen molar-refractivity contribution >= 4 is 31.9 Å². The van der Waals surface area contributed by atoms with Gasteiger partial charge in [0.15, 0.2) is 0 Å². The summed E-state index contributed by atoms with van der Waals surface area (Å²) in [5.41, 5.74) is 2.12. The molecule has 0 radical (unpaired) electrons. The van der Waals surface area contributed by atoms with E-state index in [0.717, 1.165) is 10.0 Å². The molecule has 0 aliphatic heterocycles. The third-order valence-electron chi connectivity index (χ3n) is 3.00. The number of hydrogen-bond acceptors (Lipinski definition) is 1. The van der Waals surface area contributed by atoms with Crippen molar-refractivity contribution in [3.63, 3.8) is 0 Å². The molecule has 0 saturated heterocycles.